The molecular weight excluding hydrogens is 356 g/mol. The van der Waals surface area contributed by atoms with Crippen LogP contribution < -0.4 is 5.32 Å². The third kappa shape index (κ3) is 3.46. The first-order valence-corrected chi connectivity index (χ1v) is 8.40. The van der Waals surface area contributed by atoms with Crippen molar-refractivity contribution in [2.45, 2.75) is 22.4 Å². The normalized spacial score (nSPS) is 16.9. The minimum atomic E-state index is -1.92. The van der Waals surface area contributed by atoms with E-state index in [0.717, 1.165) is 10.1 Å². The minimum absolute atomic E-state index is 0.386. The largest absolute Gasteiger partial charge is 0.381 e. The molecule has 2 unspecified atom stereocenters. The number of likely N-dealkylation sites (N-methyl/N-ethyl adjacent to an activating group) is 1. The Morgan fingerprint density at radius 1 is 1.33 bits per heavy atom. The molecule has 0 bridgehead atoms. The number of fused-ring (bicyclic) bond motifs is 1. The summed E-state index contributed by atoms with van der Waals surface area (Å²) in [4.78, 5) is 0. The summed E-state index contributed by atoms with van der Waals surface area (Å²) in [7, 11) is 0. The highest BCUT2D eigenvalue weighted by Gasteiger charge is 2.49. The van der Waals surface area contributed by atoms with E-state index in [2.05, 4.69) is 5.32 Å². The molecule has 1 aromatic heterocycles. The molecule has 1 heterocycles. The summed E-state index contributed by atoms with van der Waals surface area (Å²) in [6.07, 6.45) is 0. The molecule has 0 saturated carbocycles. The number of aliphatic hydroxyl groups is 1. The topological polar surface area (TPSA) is 32.3 Å². The van der Waals surface area contributed by atoms with E-state index < -0.39 is 22.1 Å². The smallest absolute Gasteiger partial charge is 0.208 e. The number of benzene rings is 1. The Labute approximate surface area is 141 Å². The number of hydrogen-bond donors (Lipinski definition) is 2. The molecule has 2 rings (SSSR count). The van der Waals surface area contributed by atoms with Crippen LogP contribution in [-0.4, -0.2) is 28.2 Å². The molecule has 0 fully saturated rings. The fourth-order valence-corrected chi connectivity index (χ4v) is 3.91. The van der Waals surface area contributed by atoms with Gasteiger partial charge in [-0.05, 0) is 35.0 Å². The number of alkyl halides is 4. The van der Waals surface area contributed by atoms with Crippen molar-refractivity contribution in [3.05, 3.63) is 35.2 Å². The van der Waals surface area contributed by atoms with Gasteiger partial charge in [0.15, 0.2) is 0 Å². The van der Waals surface area contributed by atoms with Gasteiger partial charge in [0.2, 0.25) is 3.79 Å². The highest BCUT2D eigenvalue weighted by Crippen LogP contribution is 2.41. The van der Waals surface area contributed by atoms with Gasteiger partial charge >= 0.3 is 0 Å². The zero-order valence-corrected chi connectivity index (χ0v) is 14.3. The molecule has 0 radical (unpaired) electrons. The quantitative estimate of drug-likeness (QED) is 0.764. The van der Waals surface area contributed by atoms with Crippen LogP contribution in [0.1, 0.15) is 12.5 Å². The van der Waals surface area contributed by atoms with Crippen molar-refractivity contribution < 1.29 is 9.50 Å². The Morgan fingerprint density at radius 3 is 2.62 bits per heavy atom. The molecular formula is C14H15Cl3FNOS. The summed E-state index contributed by atoms with van der Waals surface area (Å²) < 4.78 is 12.8. The molecule has 0 aliphatic heterocycles. The van der Waals surface area contributed by atoms with E-state index in [1.165, 1.54) is 11.3 Å². The zero-order valence-electron chi connectivity index (χ0n) is 11.2. The maximum Gasteiger partial charge on any atom is 0.208 e. The summed E-state index contributed by atoms with van der Waals surface area (Å²) >= 11 is 19.3. The van der Waals surface area contributed by atoms with E-state index in [9.17, 15) is 9.50 Å². The van der Waals surface area contributed by atoms with Gasteiger partial charge in [-0.1, -0.05) is 53.9 Å². The summed E-state index contributed by atoms with van der Waals surface area (Å²) in [6, 6.07) is 6.11. The molecule has 116 valence electrons. The Hall–Kier alpha value is -0.100. The fraction of sp³-hybridized carbons (Fsp3) is 0.429. The lowest BCUT2D eigenvalue weighted by Crippen LogP contribution is -2.57. The van der Waals surface area contributed by atoms with Crippen LogP contribution in [0, 0.1) is 0 Å². The van der Waals surface area contributed by atoms with Gasteiger partial charge in [-0.2, -0.15) is 0 Å². The average Bonchev–Trinajstić information content (AvgIpc) is 2.90. The minimum Gasteiger partial charge on any atom is -0.381 e. The van der Waals surface area contributed by atoms with E-state index in [1.54, 1.807) is 19.1 Å². The summed E-state index contributed by atoms with van der Waals surface area (Å²) in [5.74, 6) is 0. The highest BCUT2D eigenvalue weighted by molar-refractivity contribution is 7.17. The number of nitrogens with one attached hydrogen (secondary N) is 1. The first-order chi connectivity index (χ1) is 9.82. The summed E-state index contributed by atoms with van der Waals surface area (Å²) in [6.45, 7) is 1.17. The molecule has 0 aliphatic rings. The lowest BCUT2D eigenvalue weighted by atomic mass is 9.87. The molecule has 0 amide bonds. The molecule has 1 aromatic carbocycles. The maximum absolute atomic E-state index is 13.7. The van der Waals surface area contributed by atoms with Crippen LogP contribution in [0.5, 0.6) is 0 Å². The lowest BCUT2D eigenvalue weighted by Gasteiger charge is -2.38. The highest BCUT2D eigenvalue weighted by atomic mass is 35.6. The molecule has 0 spiro atoms. The van der Waals surface area contributed by atoms with Crippen LogP contribution in [-0.2, 0) is 5.60 Å². The standard InChI is InChI=1S/C14H15Cl3FNOS/c1-2-19-12(14(15,16)17)13(20,8-18)10-4-3-9-5-6-21-11(9)7-10/h3-7,12,19-20H,2,8H2,1H3. The van der Waals surface area contributed by atoms with Crippen LogP contribution in [0.25, 0.3) is 10.1 Å². The maximum atomic E-state index is 13.7. The van der Waals surface area contributed by atoms with Crippen LogP contribution in [0.3, 0.4) is 0 Å². The van der Waals surface area contributed by atoms with Crippen molar-refractivity contribution in [1.29, 1.82) is 0 Å². The van der Waals surface area contributed by atoms with Gasteiger partial charge in [0, 0.05) is 4.70 Å². The molecule has 2 aromatic rings. The van der Waals surface area contributed by atoms with Crippen molar-refractivity contribution in [3.63, 3.8) is 0 Å². The second-order valence-electron chi connectivity index (χ2n) is 4.76. The van der Waals surface area contributed by atoms with Crippen LogP contribution in [0.15, 0.2) is 29.6 Å². The van der Waals surface area contributed by atoms with Crippen LogP contribution >= 0.6 is 46.1 Å². The first-order valence-electron chi connectivity index (χ1n) is 6.39. The van der Waals surface area contributed by atoms with Crippen molar-refractivity contribution in [1.82, 2.24) is 5.32 Å². The molecule has 21 heavy (non-hydrogen) atoms. The molecule has 7 heteroatoms. The third-order valence-electron chi connectivity index (χ3n) is 3.37. The SMILES string of the molecule is CCNC(C(Cl)(Cl)Cl)C(O)(CF)c1ccc2ccsc2c1. The van der Waals surface area contributed by atoms with E-state index in [4.69, 9.17) is 34.8 Å². The first kappa shape index (κ1) is 17.3. The lowest BCUT2D eigenvalue weighted by molar-refractivity contribution is -0.0234. The monoisotopic (exact) mass is 369 g/mol. The van der Waals surface area contributed by atoms with Gasteiger partial charge in [-0.3, -0.25) is 0 Å². The Kier molecular flexibility index (Phi) is 5.40. The van der Waals surface area contributed by atoms with Gasteiger partial charge in [0.25, 0.3) is 0 Å². The molecule has 2 N–H and O–H groups in total. The Balaban J connectivity index is 2.51. The Morgan fingerprint density at radius 2 is 2.05 bits per heavy atom. The summed E-state index contributed by atoms with van der Waals surface area (Å²) in [5, 5.41) is 16.7. The van der Waals surface area contributed by atoms with Crippen molar-refractivity contribution in [2.75, 3.05) is 13.2 Å². The summed E-state index contributed by atoms with van der Waals surface area (Å²) in [5.41, 5.74) is -1.53. The van der Waals surface area contributed by atoms with E-state index in [-0.39, 0.29) is 0 Å². The molecule has 0 aliphatic carbocycles. The molecule has 2 atom stereocenters. The van der Waals surface area contributed by atoms with Crippen molar-refractivity contribution in [3.8, 4) is 0 Å². The third-order valence-corrected chi connectivity index (χ3v) is 4.91. The predicted molar refractivity (Wildman–Crippen MR) is 89.5 cm³/mol. The van der Waals surface area contributed by atoms with Gasteiger partial charge < -0.3 is 10.4 Å². The zero-order chi connectivity index (χ0) is 15.7. The van der Waals surface area contributed by atoms with E-state index in [1.807, 2.05) is 17.5 Å². The number of halogens is 4. The number of rotatable bonds is 5. The van der Waals surface area contributed by atoms with Crippen molar-refractivity contribution >= 4 is 56.2 Å². The van der Waals surface area contributed by atoms with Gasteiger partial charge in [-0.15, -0.1) is 11.3 Å². The van der Waals surface area contributed by atoms with E-state index in [0.29, 0.717) is 12.1 Å². The predicted octanol–water partition coefficient (Wildman–Crippen LogP) is 4.41. The fourth-order valence-electron chi connectivity index (χ4n) is 2.30. The Bertz CT molecular complexity index is 616. The van der Waals surface area contributed by atoms with Gasteiger partial charge in [0.05, 0.1) is 6.04 Å². The van der Waals surface area contributed by atoms with Crippen molar-refractivity contribution in [2.24, 2.45) is 0 Å². The van der Waals surface area contributed by atoms with Crippen LogP contribution in [0.2, 0.25) is 0 Å². The van der Waals surface area contributed by atoms with Gasteiger partial charge in [0.1, 0.15) is 12.3 Å². The number of hydrogen-bond acceptors (Lipinski definition) is 3. The second-order valence-corrected chi connectivity index (χ2v) is 8.08. The van der Waals surface area contributed by atoms with Crippen LogP contribution in [0.4, 0.5) is 4.39 Å². The molecule has 2 nitrogen and oxygen atoms in total. The second kappa shape index (κ2) is 6.57. The number of thiophene rings is 1. The van der Waals surface area contributed by atoms with E-state index >= 15 is 0 Å². The molecule has 0 saturated heterocycles. The average molecular weight is 371 g/mol. The van der Waals surface area contributed by atoms with Gasteiger partial charge in [-0.25, -0.2) is 4.39 Å².